The highest BCUT2D eigenvalue weighted by Crippen LogP contribution is 2.17. The molecule has 20 heavy (non-hydrogen) atoms. The summed E-state index contributed by atoms with van der Waals surface area (Å²) >= 11 is 0. The summed E-state index contributed by atoms with van der Waals surface area (Å²) in [4.78, 5) is 13.9. The first-order valence-electron chi connectivity index (χ1n) is 6.78. The van der Waals surface area contributed by atoms with Crippen LogP contribution in [0.25, 0.3) is 0 Å². The number of hydrogen-bond donors (Lipinski definition) is 3. The third-order valence-corrected chi connectivity index (χ3v) is 3.62. The Kier molecular flexibility index (Phi) is 6.70. The predicted molar refractivity (Wildman–Crippen MR) is 77.7 cm³/mol. The Bertz CT molecular complexity index is 393. The molecule has 1 rings (SSSR count). The second-order valence-electron chi connectivity index (χ2n) is 5.20. The summed E-state index contributed by atoms with van der Waals surface area (Å²) in [6, 6.07) is 0.0208. The number of piperidine rings is 1. The van der Waals surface area contributed by atoms with E-state index in [1.807, 2.05) is 6.92 Å². The Hall–Kier alpha value is -1.37. The maximum absolute atomic E-state index is 11.8. The van der Waals surface area contributed by atoms with Crippen LogP contribution in [0.2, 0.25) is 0 Å². The molecule has 0 aromatic heterocycles. The lowest BCUT2D eigenvalue weighted by Gasteiger charge is -2.36. The SMILES string of the molecule is COC(=O)/C(=C/C(C)=C\N)CN1CCC(N)C(CO)C1. The Morgan fingerprint density at radius 1 is 1.55 bits per heavy atom. The Morgan fingerprint density at radius 2 is 2.25 bits per heavy atom. The zero-order valence-electron chi connectivity index (χ0n) is 12.2. The fourth-order valence-electron chi connectivity index (χ4n) is 2.33. The molecule has 1 aliphatic rings. The van der Waals surface area contributed by atoms with Gasteiger partial charge in [-0.15, -0.1) is 0 Å². The lowest BCUT2D eigenvalue weighted by Crippen LogP contribution is -2.49. The average Bonchev–Trinajstić information content (AvgIpc) is 2.47. The molecule has 2 atom stereocenters. The number of aliphatic hydroxyl groups is 1. The van der Waals surface area contributed by atoms with Crippen molar-refractivity contribution in [3.8, 4) is 0 Å². The van der Waals surface area contributed by atoms with E-state index in [9.17, 15) is 9.90 Å². The van der Waals surface area contributed by atoms with Crippen LogP contribution in [0.15, 0.2) is 23.4 Å². The quantitative estimate of drug-likeness (QED) is 0.360. The van der Waals surface area contributed by atoms with Crippen LogP contribution in [-0.4, -0.2) is 55.4 Å². The topological polar surface area (TPSA) is 102 Å². The normalized spacial score (nSPS) is 25.6. The number of hydrogen-bond acceptors (Lipinski definition) is 6. The molecule has 5 N–H and O–H groups in total. The molecule has 114 valence electrons. The van der Waals surface area contributed by atoms with Crippen molar-refractivity contribution >= 4 is 5.97 Å². The minimum atomic E-state index is -0.360. The van der Waals surface area contributed by atoms with Gasteiger partial charge in [-0.2, -0.15) is 0 Å². The summed E-state index contributed by atoms with van der Waals surface area (Å²) in [7, 11) is 1.36. The van der Waals surface area contributed by atoms with Gasteiger partial charge in [-0.3, -0.25) is 4.90 Å². The average molecular weight is 283 g/mol. The van der Waals surface area contributed by atoms with Crippen LogP contribution < -0.4 is 11.5 Å². The van der Waals surface area contributed by atoms with Crippen molar-refractivity contribution in [3.05, 3.63) is 23.4 Å². The third-order valence-electron chi connectivity index (χ3n) is 3.62. The van der Waals surface area contributed by atoms with Crippen molar-refractivity contribution in [2.45, 2.75) is 19.4 Å². The number of esters is 1. The zero-order chi connectivity index (χ0) is 15.1. The first kappa shape index (κ1) is 16.7. The van der Waals surface area contributed by atoms with Crippen LogP contribution in [0.5, 0.6) is 0 Å². The fourth-order valence-corrected chi connectivity index (χ4v) is 2.33. The lowest BCUT2D eigenvalue weighted by molar-refractivity contribution is -0.136. The van der Waals surface area contributed by atoms with Gasteiger partial charge in [-0.25, -0.2) is 4.79 Å². The summed E-state index contributed by atoms with van der Waals surface area (Å²) < 4.78 is 4.80. The molecule has 0 aliphatic carbocycles. The summed E-state index contributed by atoms with van der Waals surface area (Å²) in [5, 5.41) is 9.31. The van der Waals surface area contributed by atoms with E-state index < -0.39 is 0 Å². The van der Waals surface area contributed by atoms with Gasteiger partial charge in [0.05, 0.1) is 12.7 Å². The smallest absolute Gasteiger partial charge is 0.335 e. The van der Waals surface area contributed by atoms with E-state index in [4.69, 9.17) is 16.2 Å². The molecule has 6 nitrogen and oxygen atoms in total. The van der Waals surface area contributed by atoms with Gasteiger partial charge >= 0.3 is 5.97 Å². The van der Waals surface area contributed by atoms with Crippen LogP contribution >= 0.6 is 0 Å². The number of nitrogens with zero attached hydrogens (tertiary/aromatic N) is 1. The summed E-state index contributed by atoms with van der Waals surface area (Å²) in [5.41, 5.74) is 12.7. The molecule has 2 unspecified atom stereocenters. The molecule has 0 spiro atoms. The number of nitrogens with two attached hydrogens (primary N) is 2. The molecule has 1 fully saturated rings. The van der Waals surface area contributed by atoms with E-state index in [-0.39, 0.29) is 24.5 Å². The van der Waals surface area contributed by atoms with Gasteiger partial charge in [0.25, 0.3) is 0 Å². The molecular formula is C14H25N3O3. The fraction of sp³-hybridized carbons (Fsp3) is 0.643. The number of aliphatic hydroxyl groups excluding tert-OH is 1. The van der Waals surface area contributed by atoms with Crippen LogP contribution in [0, 0.1) is 5.92 Å². The molecule has 0 radical (unpaired) electrons. The number of carbonyl (C=O) groups excluding carboxylic acids is 1. The lowest BCUT2D eigenvalue weighted by atomic mass is 9.93. The number of ether oxygens (including phenoxy) is 1. The summed E-state index contributed by atoms with van der Waals surface area (Å²) in [6.07, 6.45) is 3.99. The predicted octanol–water partition coefficient (Wildman–Crippen LogP) is -0.410. The Morgan fingerprint density at radius 3 is 2.80 bits per heavy atom. The minimum absolute atomic E-state index is 0.0208. The summed E-state index contributed by atoms with van der Waals surface area (Å²) in [5.74, 6) is -0.310. The number of methoxy groups -OCH3 is 1. The second kappa shape index (κ2) is 8.04. The van der Waals surface area contributed by atoms with Crippen molar-refractivity contribution in [2.75, 3.05) is 33.4 Å². The highest BCUT2D eigenvalue weighted by atomic mass is 16.5. The monoisotopic (exact) mass is 283 g/mol. The van der Waals surface area contributed by atoms with Crippen LogP contribution in [-0.2, 0) is 9.53 Å². The van der Waals surface area contributed by atoms with Gasteiger partial charge < -0.3 is 21.3 Å². The van der Waals surface area contributed by atoms with Crippen molar-refractivity contribution in [2.24, 2.45) is 17.4 Å². The van der Waals surface area contributed by atoms with Gasteiger partial charge in [0.15, 0.2) is 0 Å². The van der Waals surface area contributed by atoms with Gasteiger partial charge in [-0.1, -0.05) is 0 Å². The molecule has 0 aromatic rings. The number of rotatable bonds is 5. The summed E-state index contributed by atoms with van der Waals surface area (Å²) in [6.45, 7) is 3.85. The Labute approximate surface area is 120 Å². The number of likely N-dealkylation sites (tertiary alicyclic amines) is 1. The second-order valence-corrected chi connectivity index (χ2v) is 5.20. The number of allylic oxidation sites excluding steroid dienone is 2. The van der Waals surface area contributed by atoms with E-state index in [0.29, 0.717) is 18.7 Å². The minimum Gasteiger partial charge on any atom is -0.466 e. The Balaban J connectivity index is 2.75. The number of carbonyl (C=O) groups is 1. The van der Waals surface area contributed by atoms with Crippen molar-refractivity contribution < 1.29 is 14.6 Å². The first-order valence-corrected chi connectivity index (χ1v) is 6.78. The van der Waals surface area contributed by atoms with E-state index in [2.05, 4.69) is 4.90 Å². The highest BCUT2D eigenvalue weighted by Gasteiger charge is 2.27. The highest BCUT2D eigenvalue weighted by molar-refractivity contribution is 5.89. The van der Waals surface area contributed by atoms with E-state index in [1.165, 1.54) is 13.3 Å². The molecule has 0 saturated carbocycles. The largest absolute Gasteiger partial charge is 0.466 e. The molecule has 0 amide bonds. The van der Waals surface area contributed by atoms with Crippen LogP contribution in [0.1, 0.15) is 13.3 Å². The van der Waals surface area contributed by atoms with Gasteiger partial charge in [-0.05, 0) is 37.7 Å². The standard InChI is InChI=1S/C14H25N3O3/c1-10(6-15)5-11(14(19)20-2)7-17-4-3-13(16)12(8-17)9-18/h5-6,12-13,18H,3-4,7-9,15-16H2,1-2H3/b10-6-,11-5+. The first-order chi connectivity index (χ1) is 9.51. The maximum Gasteiger partial charge on any atom is 0.335 e. The van der Waals surface area contributed by atoms with E-state index in [1.54, 1.807) is 6.08 Å². The molecule has 1 aliphatic heterocycles. The molecule has 0 aromatic carbocycles. The van der Waals surface area contributed by atoms with Gasteiger partial charge in [0, 0.05) is 31.7 Å². The molecule has 1 saturated heterocycles. The van der Waals surface area contributed by atoms with E-state index >= 15 is 0 Å². The molecule has 6 heteroatoms. The third kappa shape index (κ3) is 4.63. The molecule has 1 heterocycles. The van der Waals surface area contributed by atoms with Crippen LogP contribution in [0.3, 0.4) is 0 Å². The van der Waals surface area contributed by atoms with Crippen molar-refractivity contribution in [1.29, 1.82) is 0 Å². The maximum atomic E-state index is 11.8. The van der Waals surface area contributed by atoms with Crippen molar-refractivity contribution in [1.82, 2.24) is 4.90 Å². The van der Waals surface area contributed by atoms with Gasteiger partial charge in [0.1, 0.15) is 0 Å². The van der Waals surface area contributed by atoms with Crippen LogP contribution in [0.4, 0.5) is 0 Å². The van der Waals surface area contributed by atoms with E-state index in [0.717, 1.165) is 18.5 Å². The molecule has 0 bridgehead atoms. The zero-order valence-corrected chi connectivity index (χ0v) is 12.2. The van der Waals surface area contributed by atoms with Gasteiger partial charge in [0.2, 0.25) is 0 Å². The van der Waals surface area contributed by atoms with Crippen molar-refractivity contribution in [3.63, 3.8) is 0 Å². The molecular weight excluding hydrogens is 258 g/mol.